The predicted molar refractivity (Wildman–Crippen MR) is 54.6 cm³/mol. The molecule has 1 fully saturated rings. The number of ether oxygens (including phenoxy) is 1. The van der Waals surface area contributed by atoms with Gasteiger partial charge in [0, 0.05) is 18.5 Å². The van der Waals surface area contributed by atoms with E-state index in [0.29, 0.717) is 11.7 Å². The molecular formula is C9H11F3N2OS. The number of nitrogens with zero attached hydrogens (tertiary/aromatic N) is 1. The summed E-state index contributed by atoms with van der Waals surface area (Å²) in [5.74, 6) is 0. The minimum absolute atomic E-state index is 0.0956. The molecule has 2 heterocycles. The van der Waals surface area contributed by atoms with Gasteiger partial charge >= 0.3 is 6.18 Å². The molecule has 2 rings (SSSR count). The summed E-state index contributed by atoms with van der Waals surface area (Å²) >= 11 is 0.962. The summed E-state index contributed by atoms with van der Waals surface area (Å²) in [5.41, 5.74) is -0.840. The highest BCUT2D eigenvalue weighted by molar-refractivity contribution is 7.13. The Morgan fingerprint density at radius 1 is 1.56 bits per heavy atom. The summed E-state index contributed by atoms with van der Waals surface area (Å²) in [6.45, 7) is 1.25. The van der Waals surface area contributed by atoms with Crippen LogP contribution in [0.15, 0.2) is 5.38 Å². The number of thiazole rings is 1. The molecule has 1 aromatic rings. The number of alkyl halides is 3. The zero-order valence-electron chi connectivity index (χ0n) is 8.38. The van der Waals surface area contributed by atoms with Crippen LogP contribution in [0.4, 0.5) is 18.3 Å². The van der Waals surface area contributed by atoms with Crippen molar-refractivity contribution in [2.75, 3.05) is 18.5 Å². The van der Waals surface area contributed by atoms with Crippen LogP contribution in [0.1, 0.15) is 18.5 Å². The molecule has 7 heteroatoms. The topological polar surface area (TPSA) is 34.1 Å². The fourth-order valence-corrected chi connectivity index (χ4v) is 2.22. The van der Waals surface area contributed by atoms with E-state index in [9.17, 15) is 13.2 Å². The molecule has 0 aliphatic carbocycles. The average molecular weight is 252 g/mol. The average Bonchev–Trinajstić information content (AvgIpc) is 2.85. The lowest BCUT2D eigenvalue weighted by Crippen LogP contribution is -2.18. The number of anilines is 1. The Bertz CT molecular complexity index is 347. The van der Waals surface area contributed by atoms with Crippen LogP contribution in [0.5, 0.6) is 0 Å². The highest BCUT2D eigenvalue weighted by atomic mass is 32.1. The molecule has 3 nitrogen and oxygen atoms in total. The van der Waals surface area contributed by atoms with Gasteiger partial charge in [-0.05, 0) is 12.8 Å². The van der Waals surface area contributed by atoms with Crippen LogP contribution in [0, 0.1) is 0 Å². The summed E-state index contributed by atoms with van der Waals surface area (Å²) < 4.78 is 42.0. The van der Waals surface area contributed by atoms with Crippen LogP contribution in [0.3, 0.4) is 0 Å². The summed E-state index contributed by atoms with van der Waals surface area (Å²) in [6, 6.07) is 0. The first kappa shape index (κ1) is 11.7. The second kappa shape index (κ2) is 4.58. The van der Waals surface area contributed by atoms with Gasteiger partial charge in [-0.25, -0.2) is 4.98 Å². The number of hydrogen-bond acceptors (Lipinski definition) is 4. The quantitative estimate of drug-likeness (QED) is 0.898. The van der Waals surface area contributed by atoms with Gasteiger partial charge in [-0.1, -0.05) is 0 Å². The number of rotatable bonds is 3. The summed E-state index contributed by atoms with van der Waals surface area (Å²) in [6.07, 6.45) is -2.30. The Labute approximate surface area is 94.6 Å². The van der Waals surface area contributed by atoms with E-state index in [4.69, 9.17) is 4.74 Å². The lowest BCUT2D eigenvalue weighted by Gasteiger charge is -2.09. The molecule has 0 bridgehead atoms. The number of aromatic nitrogens is 1. The van der Waals surface area contributed by atoms with Gasteiger partial charge in [0.1, 0.15) is 0 Å². The second-order valence-corrected chi connectivity index (χ2v) is 4.41. The molecule has 1 aliphatic rings. The molecule has 1 saturated heterocycles. The SMILES string of the molecule is FC(F)(F)c1csc(NCC2CCCO2)n1. The van der Waals surface area contributed by atoms with E-state index in [1.54, 1.807) is 0 Å². The molecule has 1 N–H and O–H groups in total. The molecule has 1 aliphatic heterocycles. The Morgan fingerprint density at radius 2 is 2.38 bits per heavy atom. The van der Waals surface area contributed by atoms with E-state index >= 15 is 0 Å². The van der Waals surface area contributed by atoms with Gasteiger partial charge in [-0.3, -0.25) is 0 Å². The van der Waals surface area contributed by atoms with Crippen molar-refractivity contribution in [3.63, 3.8) is 0 Å². The third-order valence-electron chi connectivity index (χ3n) is 2.30. The molecule has 0 radical (unpaired) electrons. The molecule has 0 aromatic carbocycles. The van der Waals surface area contributed by atoms with E-state index in [2.05, 4.69) is 10.3 Å². The summed E-state index contributed by atoms with van der Waals surface area (Å²) in [7, 11) is 0. The minimum atomic E-state index is -4.36. The van der Waals surface area contributed by atoms with Gasteiger partial charge in [0.05, 0.1) is 6.10 Å². The molecule has 0 amide bonds. The molecule has 0 spiro atoms. The zero-order chi connectivity index (χ0) is 11.6. The van der Waals surface area contributed by atoms with Gasteiger partial charge in [-0.2, -0.15) is 13.2 Å². The molecule has 1 atom stereocenters. The fourth-order valence-electron chi connectivity index (χ4n) is 1.49. The smallest absolute Gasteiger partial charge is 0.376 e. The van der Waals surface area contributed by atoms with Crippen molar-refractivity contribution in [1.82, 2.24) is 4.98 Å². The highest BCUT2D eigenvalue weighted by Gasteiger charge is 2.33. The van der Waals surface area contributed by atoms with Gasteiger partial charge < -0.3 is 10.1 Å². The van der Waals surface area contributed by atoms with E-state index in [-0.39, 0.29) is 6.10 Å². The first-order valence-corrected chi connectivity index (χ1v) is 5.82. The van der Waals surface area contributed by atoms with Gasteiger partial charge in [-0.15, -0.1) is 11.3 Å². The number of halogens is 3. The standard InChI is InChI=1S/C9H11F3N2OS/c10-9(11,12)7-5-16-8(14-7)13-4-6-2-1-3-15-6/h5-6H,1-4H2,(H,13,14). The first-order valence-electron chi connectivity index (χ1n) is 4.94. The predicted octanol–water partition coefficient (Wildman–Crippen LogP) is 2.75. The van der Waals surface area contributed by atoms with Crippen LogP contribution in [0.25, 0.3) is 0 Å². The van der Waals surface area contributed by atoms with Gasteiger partial charge in [0.2, 0.25) is 0 Å². The lowest BCUT2D eigenvalue weighted by molar-refractivity contribution is -0.140. The largest absolute Gasteiger partial charge is 0.434 e. The first-order chi connectivity index (χ1) is 7.55. The Kier molecular flexibility index (Phi) is 3.34. The Balaban J connectivity index is 1.87. The molecular weight excluding hydrogens is 241 g/mol. The molecule has 90 valence electrons. The van der Waals surface area contributed by atoms with Gasteiger partial charge in [0.25, 0.3) is 0 Å². The second-order valence-electron chi connectivity index (χ2n) is 3.55. The Morgan fingerprint density at radius 3 is 2.94 bits per heavy atom. The van der Waals surface area contributed by atoms with Crippen LogP contribution in [0.2, 0.25) is 0 Å². The highest BCUT2D eigenvalue weighted by Crippen LogP contribution is 2.31. The number of hydrogen-bond donors (Lipinski definition) is 1. The maximum Gasteiger partial charge on any atom is 0.434 e. The third kappa shape index (κ3) is 2.85. The lowest BCUT2D eigenvalue weighted by atomic mass is 10.2. The minimum Gasteiger partial charge on any atom is -0.376 e. The van der Waals surface area contributed by atoms with Gasteiger partial charge in [0.15, 0.2) is 10.8 Å². The summed E-state index contributed by atoms with van der Waals surface area (Å²) in [5, 5.41) is 4.17. The molecule has 1 aromatic heterocycles. The maximum atomic E-state index is 12.2. The van der Waals surface area contributed by atoms with Crippen molar-refractivity contribution < 1.29 is 17.9 Å². The zero-order valence-corrected chi connectivity index (χ0v) is 9.20. The van der Waals surface area contributed by atoms with Crippen molar-refractivity contribution in [2.45, 2.75) is 25.1 Å². The summed E-state index contributed by atoms with van der Waals surface area (Å²) in [4.78, 5) is 3.47. The number of nitrogens with one attached hydrogen (secondary N) is 1. The Hall–Kier alpha value is -0.820. The van der Waals surface area contributed by atoms with Crippen molar-refractivity contribution >= 4 is 16.5 Å². The van der Waals surface area contributed by atoms with E-state index < -0.39 is 11.9 Å². The normalized spacial score (nSPS) is 21.3. The fraction of sp³-hybridized carbons (Fsp3) is 0.667. The van der Waals surface area contributed by atoms with Crippen molar-refractivity contribution in [1.29, 1.82) is 0 Å². The van der Waals surface area contributed by atoms with E-state index in [1.807, 2.05) is 0 Å². The van der Waals surface area contributed by atoms with Crippen molar-refractivity contribution in [2.24, 2.45) is 0 Å². The van der Waals surface area contributed by atoms with Crippen LogP contribution in [-0.2, 0) is 10.9 Å². The maximum absolute atomic E-state index is 12.2. The van der Waals surface area contributed by atoms with Crippen molar-refractivity contribution in [3.8, 4) is 0 Å². The van der Waals surface area contributed by atoms with Crippen molar-refractivity contribution in [3.05, 3.63) is 11.1 Å². The van der Waals surface area contributed by atoms with Crippen LogP contribution < -0.4 is 5.32 Å². The van der Waals surface area contributed by atoms with E-state index in [0.717, 1.165) is 36.2 Å². The van der Waals surface area contributed by atoms with Crippen LogP contribution in [-0.4, -0.2) is 24.2 Å². The molecule has 16 heavy (non-hydrogen) atoms. The monoisotopic (exact) mass is 252 g/mol. The molecule has 0 saturated carbocycles. The third-order valence-corrected chi connectivity index (χ3v) is 3.10. The van der Waals surface area contributed by atoms with Crippen LogP contribution >= 0.6 is 11.3 Å². The van der Waals surface area contributed by atoms with E-state index in [1.165, 1.54) is 0 Å². The molecule has 1 unspecified atom stereocenters.